The number of ether oxygens (including phenoxy) is 2. The Balaban J connectivity index is 2.08. The van der Waals surface area contributed by atoms with Gasteiger partial charge in [-0.2, -0.15) is 0 Å². The van der Waals surface area contributed by atoms with E-state index in [0.29, 0.717) is 27.8 Å². The van der Waals surface area contributed by atoms with Crippen LogP contribution in [0.25, 0.3) is 0 Å². The maximum absolute atomic E-state index is 12.2. The number of benzene rings is 2. The number of ketones is 1. The number of anilines is 1. The molecule has 0 aromatic heterocycles. The second-order valence-corrected chi connectivity index (χ2v) is 5.61. The Morgan fingerprint density at radius 2 is 1.75 bits per heavy atom. The normalized spacial score (nSPS) is 11.5. The van der Waals surface area contributed by atoms with Crippen molar-refractivity contribution in [3.63, 3.8) is 0 Å². The highest BCUT2D eigenvalue weighted by molar-refractivity contribution is 6.30. The summed E-state index contributed by atoms with van der Waals surface area (Å²) in [4.78, 5) is 23.6. The van der Waals surface area contributed by atoms with E-state index in [1.54, 1.807) is 49.4 Å². The van der Waals surface area contributed by atoms with Gasteiger partial charge in [0.1, 0.15) is 0 Å². The number of carbonyl (C=O) groups is 2. The summed E-state index contributed by atoms with van der Waals surface area (Å²) in [7, 11) is 1.48. The molecule has 0 saturated carbocycles. The first-order chi connectivity index (χ1) is 11.4. The molecule has 6 heteroatoms. The van der Waals surface area contributed by atoms with Gasteiger partial charge in [-0.05, 0) is 56.3 Å². The van der Waals surface area contributed by atoms with Gasteiger partial charge in [0.2, 0.25) is 0 Å². The molecule has 2 aromatic rings. The van der Waals surface area contributed by atoms with Crippen molar-refractivity contribution in [1.29, 1.82) is 0 Å². The van der Waals surface area contributed by atoms with Gasteiger partial charge in [0.05, 0.1) is 7.11 Å². The molecule has 1 atom stereocenters. The Morgan fingerprint density at radius 1 is 1.08 bits per heavy atom. The molecule has 5 nitrogen and oxygen atoms in total. The SMILES string of the molecule is COc1cc(C(C)=O)ccc1O[C@@H](C)C(=O)Nc1ccc(Cl)cc1. The fourth-order valence-corrected chi connectivity index (χ4v) is 2.13. The fourth-order valence-electron chi connectivity index (χ4n) is 2.01. The highest BCUT2D eigenvalue weighted by Crippen LogP contribution is 2.29. The molecule has 0 fully saturated rings. The average molecular weight is 348 g/mol. The molecule has 0 bridgehead atoms. The third-order valence-electron chi connectivity index (χ3n) is 3.35. The number of nitrogens with one attached hydrogen (secondary N) is 1. The largest absolute Gasteiger partial charge is 0.493 e. The molecule has 24 heavy (non-hydrogen) atoms. The monoisotopic (exact) mass is 347 g/mol. The standard InChI is InChI=1S/C18H18ClNO4/c1-11(21)13-4-9-16(17(10-13)23-3)24-12(2)18(22)20-15-7-5-14(19)6-8-15/h4-10,12H,1-3H3,(H,20,22)/t12-/m0/s1. The minimum absolute atomic E-state index is 0.0756. The number of Topliss-reactive ketones (excluding diaryl/α,β-unsaturated/α-hetero) is 1. The van der Waals surface area contributed by atoms with Crippen LogP contribution in [-0.2, 0) is 4.79 Å². The van der Waals surface area contributed by atoms with Crippen molar-refractivity contribution in [1.82, 2.24) is 0 Å². The molecular weight excluding hydrogens is 330 g/mol. The zero-order valence-electron chi connectivity index (χ0n) is 13.6. The van der Waals surface area contributed by atoms with Crippen molar-refractivity contribution in [2.75, 3.05) is 12.4 Å². The first-order valence-electron chi connectivity index (χ1n) is 7.32. The summed E-state index contributed by atoms with van der Waals surface area (Å²) >= 11 is 5.81. The summed E-state index contributed by atoms with van der Waals surface area (Å²) in [6.45, 7) is 3.10. The molecule has 0 aliphatic rings. The van der Waals surface area contributed by atoms with Crippen molar-refractivity contribution in [2.45, 2.75) is 20.0 Å². The first kappa shape index (κ1) is 17.8. The summed E-state index contributed by atoms with van der Waals surface area (Å²) < 4.78 is 10.9. The lowest BCUT2D eigenvalue weighted by atomic mass is 10.1. The molecule has 0 spiro atoms. The van der Waals surface area contributed by atoms with E-state index in [-0.39, 0.29) is 11.7 Å². The quantitative estimate of drug-likeness (QED) is 0.803. The maximum atomic E-state index is 12.2. The van der Waals surface area contributed by atoms with Crippen LogP contribution < -0.4 is 14.8 Å². The van der Waals surface area contributed by atoms with Gasteiger partial charge in [0.15, 0.2) is 23.4 Å². The van der Waals surface area contributed by atoms with Crippen LogP contribution >= 0.6 is 11.6 Å². The zero-order valence-corrected chi connectivity index (χ0v) is 14.4. The predicted octanol–water partition coefficient (Wildman–Crippen LogP) is 3.96. The van der Waals surface area contributed by atoms with Crippen molar-refractivity contribution >= 4 is 29.0 Å². The van der Waals surface area contributed by atoms with Crippen LogP contribution in [0, 0.1) is 0 Å². The van der Waals surface area contributed by atoms with Gasteiger partial charge in [-0.15, -0.1) is 0 Å². The Bertz CT molecular complexity index is 743. The van der Waals surface area contributed by atoms with E-state index in [1.165, 1.54) is 14.0 Å². The van der Waals surface area contributed by atoms with Crippen LogP contribution in [0.3, 0.4) is 0 Å². The average Bonchev–Trinajstić information content (AvgIpc) is 2.56. The lowest BCUT2D eigenvalue weighted by molar-refractivity contribution is -0.122. The zero-order chi connectivity index (χ0) is 17.7. The van der Waals surface area contributed by atoms with Crippen molar-refractivity contribution in [2.24, 2.45) is 0 Å². The van der Waals surface area contributed by atoms with E-state index in [9.17, 15) is 9.59 Å². The number of halogens is 1. The minimum atomic E-state index is -0.752. The summed E-state index contributed by atoms with van der Waals surface area (Å²) in [5.41, 5.74) is 1.14. The molecule has 0 unspecified atom stereocenters. The van der Waals surface area contributed by atoms with Crippen molar-refractivity contribution in [3.05, 3.63) is 53.1 Å². The Hall–Kier alpha value is -2.53. The molecule has 2 aromatic carbocycles. The van der Waals surface area contributed by atoms with E-state index in [0.717, 1.165) is 0 Å². The highest BCUT2D eigenvalue weighted by Gasteiger charge is 2.18. The summed E-state index contributed by atoms with van der Waals surface area (Å²) in [6.07, 6.45) is -0.752. The molecule has 126 valence electrons. The third-order valence-corrected chi connectivity index (χ3v) is 3.61. The van der Waals surface area contributed by atoms with Gasteiger partial charge in [-0.1, -0.05) is 11.6 Å². The summed E-state index contributed by atoms with van der Waals surface area (Å²) in [5.74, 6) is 0.401. The number of amides is 1. The first-order valence-corrected chi connectivity index (χ1v) is 7.70. The molecular formula is C18H18ClNO4. The van der Waals surface area contributed by atoms with E-state index >= 15 is 0 Å². The second kappa shape index (κ2) is 7.84. The lowest BCUT2D eigenvalue weighted by Crippen LogP contribution is -2.30. The fraction of sp³-hybridized carbons (Fsp3) is 0.222. The molecule has 2 rings (SSSR count). The van der Waals surface area contributed by atoms with Gasteiger partial charge < -0.3 is 14.8 Å². The van der Waals surface area contributed by atoms with Gasteiger partial charge >= 0.3 is 0 Å². The van der Waals surface area contributed by atoms with Crippen LogP contribution in [-0.4, -0.2) is 24.9 Å². The molecule has 0 heterocycles. The molecule has 1 amide bonds. The summed E-state index contributed by atoms with van der Waals surface area (Å²) in [5, 5.41) is 3.33. The van der Waals surface area contributed by atoms with Crippen molar-refractivity contribution < 1.29 is 19.1 Å². The number of rotatable bonds is 6. The van der Waals surface area contributed by atoms with Crippen LogP contribution in [0.15, 0.2) is 42.5 Å². The highest BCUT2D eigenvalue weighted by atomic mass is 35.5. The lowest BCUT2D eigenvalue weighted by Gasteiger charge is -2.17. The maximum Gasteiger partial charge on any atom is 0.265 e. The van der Waals surface area contributed by atoms with Gasteiger partial charge in [-0.25, -0.2) is 0 Å². The number of hydrogen-bond donors (Lipinski definition) is 1. The number of carbonyl (C=O) groups excluding carboxylic acids is 2. The van der Waals surface area contributed by atoms with Gasteiger partial charge in [0.25, 0.3) is 5.91 Å². The smallest absolute Gasteiger partial charge is 0.265 e. The second-order valence-electron chi connectivity index (χ2n) is 5.18. The van der Waals surface area contributed by atoms with E-state index < -0.39 is 6.10 Å². The number of hydrogen-bond acceptors (Lipinski definition) is 4. The Morgan fingerprint density at radius 3 is 2.33 bits per heavy atom. The van der Waals surface area contributed by atoms with E-state index in [2.05, 4.69) is 5.32 Å². The molecule has 1 N–H and O–H groups in total. The summed E-state index contributed by atoms with van der Waals surface area (Å²) in [6, 6.07) is 11.6. The van der Waals surface area contributed by atoms with Crippen molar-refractivity contribution in [3.8, 4) is 11.5 Å². The Kier molecular flexibility index (Phi) is 5.82. The third kappa shape index (κ3) is 4.49. The topological polar surface area (TPSA) is 64.6 Å². The van der Waals surface area contributed by atoms with E-state index in [4.69, 9.17) is 21.1 Å². The minimum Gasteiger partial charge on any atom is -0.493 e. The van der Waals surface area contributed by atoms with Crippen LogP contribution in [0.5, 0.6) is 11.5 Å². The molecule has 0 aliphatic heterocycles. The van der Waals surface area contributed by atoms with E-state index in [1.807, 2.05) is 0 Å². The van der Waals surface area contributed by atoms with Crippen LogP contribution in [0.2, 0.25) is 5.02 Å². The van der Waals surface area contributed by atoms with Crippen LogP contribution in [0.4, 0.5) is 5.69 Å². The predicted molar refractivity (Wildman–Crippen MR) is 93.2 cm³/mol. The molecule has 0 radical (unpaired) electrons. The Labute approximate surface area is 145 Å². The molecule has 0 aliphatic carbocycles. The van der Waals surface area contributed by atoms with Crippen LogP contribution in [0.1, 0.15) is 24.2 Å². The van der Waals surface area contributed by atoms with Gasteiger partial charge in [0, 0.05) is 16.3 Å². The van der Waals surface area contributed by atoms with Gasteiger partial charge in [-0.3, -0.25) is 9.59 Å². The number of methoxy groups -OCH3 is 1. The molecule has 0 saturated heterocycles.